The number of carbonyl (C=O) groups is 1. The van der Waals surface area contributed by atoms with E-state index in [0.29, 0.717) is 4.88 Å². The quantitative estimate of drug-likeness (QED) is 0.589. The fourth-order valence-electron chi connectivity index (χ4n) is 2.12. The Morgan fingerprint density at radius 2 is 1.57 bits per heavy atom. The van der Waals surface area contributed by atoms with Crippen LogP contribution in [0.1, 0.15) is 25.8 Å². The molecule has 0 aliphatic heterocycles. The number of thiazole rings is 1. The zero-order valence-electron chi connectivity index (χ0n) is 12.6. The van der Waals surface area contributed by atoms with Gasteiger partial charge in [0.2, 0.25) is 0 Å². The SMILES string of the molecule is Cc1ncc(C(=O)NN=C(c2ccccc2)c2ccccc2)s1. The lowest BCUT2D eigenvalue weighted by Gasteiger charge is -2.07. The minimum atomic E-state index is -0.250. The molecule has 0 radical (unpaired) electrons. The van der Waals surface area contributed by atoms with E-state index in [1.165, 1.54) is 11.3 Å². The third-order valence-electron chi connectivity index (χ3n) is 3.21. The summed E-state index contributed by atoms with van der Waals surface area (Å²) in [6.45, 7) is 1.87. The van der Waals surface area contributed by atoms with Gasteiger partial charge >= 0.3 is 0 Å². The van der Waals surface area contributed by atoms with Crippen molar-refractivity contribution in [2.45, 2.75) is 6.92 Å². The predicted octanol–water partition coefficient (Wildman–Crippen LogP) is 3.63. The van der Waals surface area contributed by atoms with Crippen molar-refractivity contribution in [3.05, 3.63) is 87.9 Å². The van der Waals surface area contributed by atoms with E-state index in [4.69, 9.17) is 0 Å². The molecule has 2 aromatic carbocycles. The summed E-state index contributed by atoms with van der Waals surface area (Å²) in [6, 6.07) is 19.6. The number of aromatic nitrogens is 1. The molecule has 0 spiro atoms. The highest BCUT2D eigenvalue weighted by Crippen LogP contribution is 2.13. The Hall–Kier alpha value is -2.79. The van der Waals surface area contributed by atoms with Crippen molar-refractivity contribution in [3.63, 3.8) is 0 Å². The predicted molar refractivity (Wildman–Crippen MR) is 92.8 cm³/mol. The van der Waals surface area contributed by atoms with Crippen molar-refractivity contribution in [2.24, 2.45) is 5.10 Å². The van der Waals surface area contributed by atoms with Gasteiger partial charge in [0.05, 0.1) is 16.9 Å². The van der Waals surface area contributed by atoms with Crippen molar-refractivity contribution in [3.8, 4) is 0 Å². The molecule has 0 aliphatic carbocycles. The maximum absolute atomic E-state index is 12.2. The van der Waals surface area contributed by atoms with E-state index < -0.39 is 0 Å². The molecule has 23 heavy (non-hydrogen) atoms. The molecule has 3 aromatic rings. The van der Waals surface area contributed by atoms with E-state index >= 15 is 0 Å². The number of nitrogens with one attached hydrogen (secondary N) is 1. The van der Waals surface area contributed by atoms with Crippen LogP contribution in [0, 0.1) is 6.92 Å². The summed E-state index contributed by atoms with van der Waals surface area (Å²) in [6.07, 6.45) is 1.57. The first-order valence-corrected chi connectivity index (χ1v) is 7.97. The summed E-state index contributed by atoms with van der Waals surface area (Å²) in [4.78, 5) is 16.8. The molecule has 1 aromatic heterocycles. The zero-order chi connectivity index (χ0) is 16.1. The van der Waals surface area contributed by atoms with Gasteiger partial charge in [-0.3, -0.25) is 4.79 Å². The van der Waals surface area contributed by atoms with Gasteiger partial charge in [-0.25, -0.2) is 10.4 Å². The largest absolute Gasteiger partial charge is 0.283 e. The monoisotopic (exact) mass is 321 g/mol. The van der Waals surface area contributed by atoms with Gasteiger partial charge in [-0.2, -0.15) is 5.10 Å². The molecule has 0 atom stereocenters. The Bertz CT molecular complexity index is 784. The first kappa shape index (κ1) is 15.1. The van der Waals surface area contributed by atoms with Gasteiger partial charge in [0.1, 0.15) is 4.88 Å². The molecule has 0 saturated carbocycles. The lowest BCUT2D eigenvalue weighted by molar-refractivity contribution is 0.0959. The van der Waals surface area contributed by atoms with E-state index in [0.717, 1.165) is 21.8 Å². The van der Waals surface area contributed by atoms with Crippen molar-refractivity contribution in [1.82, 2.24) is 10.4 Å². The van der Waals surface area contributed by atoms with Crippen LogP contribution in [0.25, 0.3) is 0 Å². The number of aryl methyl sites for hydroxylation is 1. The summed E-state index contributed by atoms with van der Waals surface area (Å²) in [5.74, 6) is -0.250. The van der Waals surface area contributed by atoms with E-state index in [1.54, 1.807) is 6.20 Å². The number of rotatable bonds is 4. The third kappa shape index (κ3) is 3.70. The van der Waals surface area contributed by atoms with Crippen LogP contribution in [-0.2, 0) is 0 Å². The maximum Gasteiger partial charge on any atom is 0.283 e. The molecule has 4 nitrogen and oxygen atoms in total. The average molecular weight is 321 g/mol. The fourth-order valence-corrected chi connectivity index (χ4v) is 2.78. The second-order valence-electron chi connectivity index (χ2n) is 4.88. The van der Waals surface area contributed by atoms with Crippen molar-refractivity contribution < 1.29 is 4.79 Å². The van der Waals surface area contributed by atoms with Gasteiger partial charge in [-0.15, -0.1) is 11.3 Å². The molecule has 3 rings (SSSR count). The van der Waals surface area contributed by atoms with Gasteiger partial charge in [0.15, 0.2) is 0 Å². The van der Waals surface area contributed by atoms with E-state index in [1.807, 2.05) is 67.6 Å². The first-order valence-electron chi connectivity index (χ1n) is 7.15. The number of nitrogens with zero attached hydrogens (tertiary/aromatic N) is 2. The summed E-state index contributed by atoms with van der Waals surface area (Å²) >= 11 is 1.35. The van der Waals surface area contributed by atoms with Crippen LogP contribution < -0.4 is 5.43 Å². The lowest BCUT2D eigenvalue weighted by Crippen LogP contribution is -2.19. The normalized spacial score (nSPS) is 10.1. The highest BCUT2D eigenvalue weighted by atomic mass is 32.1. The molecule has 0 fully saturated rings. The van der Waals surface area contributed by atoms with Crippen molar-refractivity contribution >= 4 is 23.0 Å². The summed E-state index contributed by atoms with van der Waals surface area (Å²) in [7, 11) is 0. The number of amides is 1. The number of hydrogen-bond donors (Lipinski definition) is 1. The van der Waals surface area contributed by atoms with Crippen LogP contribution >= 0.6 is 11.3 Å². The number of benzene rings is 2. The average Bonchev–Trinajstić information content (AvgIpc) is 3.03. The first-order chi connectivity index (χ1) is 11.2. The molecule has 0 aliphatic rings. The summed E-state index contributed by atoms with van der Waals surface area (Å²) in [5.41, 5.74) is 5.24. The Morgan fingerprint density at radius 3 is 2.04 bits per heavy atom. The Kier molecular flexibility index (Phi) is 4.59. The highest BCUT2D eigenvalue weighted by Gasteiger charge is 2.10. The van der Waals surface area contributed by atoms with Crippen LogP contribution in [0.15, 0.2) is 72.0 Å². The smallest absolute Gasteiger partial charge is 0.266 e. The van der Waals surface area contributed by atoms with Gasteiger partial charge in [0.25, 0.3) is 5.91 Å². The van der Waals surface area contributed by atoms with E-state index in [-0.39, 0.29) is 5.91 Å². The minimum Gasteiger partial charge on any atom is -0.266 e. The number of hydrogen-bond acceptors (Lipinski definition) is 4. The lowest BCUT2D eigenvalue weighted by atomic mass is 10.0. The highest BCUT2D eigenvalue weighted by molar-refractivity contribution is 7.13. The van der Waals surface area contributed by atoms with Crippen molar-refractivity contribution in [1.29, 1.82) is 0 Å². The summed E-state index contributed by atoms with van der Waals surface area (Å²) < 4.78 is 0. The Labute approximate surface area is 138 Å². The Morgan fingerprint density at radius 1 is 1.00 bits per heavy atom. The molecule has 1 amide bonds. The summed E-state index contributed by atoms with van der Waals surface area (Å²) in [5, 5.41) is 5.20. The standard InChI is InChI=1S/C18H15N3OS/c1-13-19-12-16(23-13)18(22)21-20-17(14-8-4-2-5-9-14)15-10-6-3-7-11-15/h2-12H,1H3,(H,21,22). The van der Waals surface area contributed by atoms with Crippen LogP contribution in [0.3, 0.4) is 0 Å². The van der Waals surface area contributed by atoms with Gasteiger partial charge in [-0.1, -0.05) is 60.7 Å². The van der Waals surface area contributed by atoms with E-state index in [9.17, 15) is 4.79 Å². The van der Waals surface area contributed by atoms with Gasteiger partial charge < -0.3 is 0 Å². The molecular weight excluding hydrogens is 306 g/mol. The Balaban J connectivity index is 1.91. The molecule has 1 N–H and O–H groups in total. The molecular formula is C18H15N3OS. The molecule has 1 heterocycles. The fraction of sp³-hybridized carbons (Fsp3) is 0.0556. The van der Waals surface area contributed by atoms with Crippen molar-refractivity contribution in [2.75, 3.05) is 0 Å². The van der Waals surface area contributed by atoms with Crippen LogP contribution in [0.4, 0.5) is 0 Å². The zero-order valence-corrected chi connectivity index (χ0v) is 13.4. The minimum absolute atomic E-state index is 0.250. The molecule has 114 valence electrons. The van der Waals surface area contributed by atoms with Crippen LogP contribution in [0.5, 0.6) is 0 Å². The second-order valence-corrected chi connectivity index (χ2v) is 6.11. The molecule has 5 heteroatoms. The van der Waals surface area contributed by atoms with E-state index in [2.05, 4.69) is 15.5 Å². The topological polar surface area (TPSA) is 54.4 Å². The number of hydrazone groups is 1. The van der Waals surface area contributed by atoms with Crippen LogP contribution in [-0.4, -0.2) is 16.6 Å². The number of carbonyl (C=O) groups excluding carboxylic acids is 1. The third-order valence-corrected chi connectivity index (χ3v) is 4.12. The molecule has 0 unspecified atom stereocenters. The maximum atomic E-state index is 12.2. The second kappa shape index (κ2) is 6.98. The van der Waals surface area contributed by atoms with Crippen LogP contribution in [0.2, 0.25) is 0 Å². The molecule has 0 saturated heterocycles. The van der Waals surface area contributed by atoms with Gasteiger partial charge in [-0.05, 0) is 6.92 Å². The van der Waals surface area contributed by atoms with Gasteiger partial charge in [0, 0.05) is 11.1 Å². The molecule has 0 bridgehead atoms.